The number of carbonyl (C=O) groups excluding carboxylic acids is 1. The number of amides is 2. The number of benzene rings is 3. The normalized spacial score (nSPS) is 11.0. The SMILES string of the molecule is Cc1cc(-c2ncc(CO)cc2-c2ccc3nccnc3c2)ccc1F.Cc1cc(-c2ncc(NC(=O)N(C)C)cc2-c2ccc3nccn3c2)ccc1F. The molecule has 10 nitrogen and oxygen atoms in total. The molecular formula is C43H36F2N8O2. The van der Waals surface area contributed by atoms with Crippen LogP contribution in [0.2, 0.25) is 0 Å². The molecule has 5 heterocycles. The Labute approximate surface area is 315 Å². The number of rotatable bonds is 6. The van der Waals surface area contributed by atoms with Crippen molar-refractivity contribution in [3.05, 3.63) is 151 Å². The molecule has 0 radical (unpaired) electrons. The van der Waals surface area contributed by atoms with E-state index in [4.69, 9.17) is 0 Å². The highest BCUT2D eigenvalue weighted by Gasteiger charge is 2.16. The summed E-state index contributed by atoms with van der Waals surface area (Å²) in [6.07, 6.45) is 12.1. The third kappa shape index (κ3) is 7.90. The quantitative estimate of drug-likeness (QED) is 0.175. The summed E-state index contributed by atoms with van der Waals surface area (Å²) in [6.45, 7) is 3.35. The molecule has 0 saturated heterocycles. The second kappa shape index (κ2) is 15.6. The lowest BCUT2D eigenvalue weighted by molar-refractivity contribution is 0.230. The Hall–Kier alpha value is -6.92. The van der Waals surface area contributed by atoms with Gasteiger partial charge in [0.2, 0.25) is 0 Å². The fraction of sp³-hybridized carbons (Fsp3) is 0.116. The van der Waals surface area contributed by atoms with E-state index in [1.165, 1.54) is 17.0 Å². The maximum atomic E-state index is 13.8. The van der Waals surface area contributed by atoms with Gasteiger partial charge in [-0.1, -0.05) is 6.07 Å². The monoisotopic (exact) mass is 734 g/mol. The highest BCUT2D eigenvalue weighted by molar-refractivity contribution is 5.92. The molecule has 0 unspecified atom stereocenters. The number of hydrogen-bond acceptors (Lipinski definition) is 7. The standard InChI is InChI=1S/C22H20FN5O.C21H16FN3O/c1-14-10-15(4-6-19(14)23)21-18(11-17(12-25-21)26-22(29)27(2)3)16-5-7-20-24-8-9-28(20)13-16;1-13-8-16(2-4-18(13)22)21-17(9-14(12-26)11-25-21)15-3-5-19-20(10-15)24-7-6-23-19/h4-13H,1-3H3,(H,26,29);2-11,26H,12H2,1H3. The molecule has 12 heteroatoms. The van der Waals surface area contributed by atoms with E-state index < -0.39 is 0 Å². The first-order valence-electron chi connectivity index (χ1n) is 17.3. The fourth-order valence-electron chi connectivity index (χ4n) is 6.06. The number of anilines is 1. The van der Waals surface area contributed by atoms with Gasteiger partial charge in [-0.05, 0) is 109 Å². The number of fused-ring (bicyclic) bond motifs is 2. The van der Waals surface area contributed by atoms with Crippen molar-refractivity contribution in [3.63, 3.8) is 0 Å². The summed E-state index contributed by atoms with van der Waals surface area (Å²) in [6, 6.07) is 23.1. The molecule has 0 atom stereocenters. The molecule has 55 heavy (non-hydrogen) atoms. The van der Waals surface area contributed by atoms with Crippen LogP contribution in [0.4, 0.5) is 19.3 Å². The molecule has 0 saturated carbocycles. The molecule has 8 aromatic rings. The number of carbonyl (C=O) groups is 1. The van der Waals surface area contributed by atoms with Crippen LogP contribution in [0.3, 0.4) is 0 Å². The van der Waals surface area contributed by atoms with Gasteiger partial charge in [0.15, 0.2) is 0 Å². The summed E-state index contributed by atoms with van der Waals surface area (Å²) in [5, 5.41) is 12.3. The molecular weight excluding hydrogens is 699 g/mol. The Bertz CT molecular complexity index is 2700. The van der Waals surface area contributed by atoms with Gasteiger partial charge in [-0.15, -0.1) is 0 Å². The number of aromatic nitrogens is 6. The third-order valence-electron chi connectivity index (χ3n) is 9.01. The summed E-state index contributed by atoms with van der Waals surface area (Å²) >= 11 is 0. The maximum absolute atomic E-state index is 13.8. The van der Waals surface area contributed by atoms with Gasteiger partial charge in [-0.2, -0.15) is 0 Å². The molecule has 5 aromatic heterocycles. The molecule has 3 aromatic carbocycles. The van der Waals surface area contributed by atoms with Crippen LogP contribution in [0.25, 0.3) is 61.4 Å². The first-order chi connectivity index (χ1) is 26.6. The van der Waals surface area contributed by atoms with Crippen molar-refractivity contribution < 1.29 is 18.7 Å². The molecule has 0 fully saturated rings. The zero-order chi connectivity index (χ0) is 38.6. The minimum absolute atomic E-state index is 0.101. The van der Waals surface area contributed by atoms with Crippen molar-refractivity contribution in [3.8, 4) is 44.8 Å². The van der Waals surface area contributed by atoms with Crippen LogP contribution in [0.5, 0.6) is 0 Å². The number of halogens is 2. The van der Waals surface area contributed by atoms with Gasteiger partial charge in [-0.25, -0.2) is 18.6 Å². The van der Waals surface area contributed by atoms with Gasteiger partial charge >= 0.3 is 6.03 Å². The molecule has 8 rings (SSSR count). The molecule has 0 aliphatic rings. The van der Waals surface area contributed by atoms with Gasteiger partial charge in [0, 0.05) is 79.1 Å². The fourth-order valence-corrected chi connectivity index (χ4v) is 6.06. The van der Waals surface area contributed by atoms with Crippen molar-refractivity contribution >= 4 is 28.4 Å². The lowest BCUT2D eigenvalue weighted by atomic mass is 9.96. The van der Waals surface area contributed by atoms with Crippen molar-refractivity contribution in [1.82, 2.24) is 34.2 Å². The van der Waals surface area contributed by atoms with E-state index in [2.05, 4.69) is 30.2 Å². The van der Waals surface area contributed by atoms with E-state index in [0.717, 1.165) is 55.8 Å². The number of imidazole rings is 1. The van der Waals surface area contributed by atoms with E-state index >= 15 is 0 Å². The average Bonchev–Trinajstić information content (AvgIpc) is 3.68. The minimum Gasteiger partial charge on any atom is -0.392 e. The first-order valence-corrected chi connectivity index (χ1v) is 17.3. The Balaban J connectivity index is 0.000000170. The van der Waals surface area contributed by atoms with Crippen LogP contribution in [0.1, 0.15) is 16.7 Å². The van der Waals surface area contributed by atoms with Crippen LogP contribution >= 0.6 is 0 Å². The van der Waals surface area contributed by atoms with E-state index in [-0.39, 0.29) is 24.3 Å². The summed E-state index contributed by atoms with van der Waals surface area (Å²) in [7, 11) is 3.35. The van der Waals surface area contributed by atoms with E-state index in [0.29, 0.717) is 28.1 Å². The largest absolute Gasteiger partial charge is 0.392 e. The molecule has 0 bridgehead atoms. The van der Waals surface area contributed by atoms with Crippen LogP contribution in [-0.4, -0.2) is 59.5 Å². The average molecular weight is 735 g/mol. The van der Waals surface area contributed by atoms with Crippen molar-refractivity contribution in [2.45, 2.75) is 20.5 Å². The van der Waals surface area contributed by atoms with E-state index in [9.17, 15) is 18.7 Å². The number of nitrogens with one attached hydrogen (secondary N) is 1. The second-order valence-electron chi connectivity index (χ2n) is 13.1. The van der Waals surface area contributed by atoms with E-state index in [1.54, 1.807) is 83.2 Å². The first kappa shape index (κ1) is 36.4. The number of pyridine rings is 3. The number of aryl methyl sites for hydroxylation is 2. The van der Waals surface area contributed by atoms with Crippen LogP contribution in [-0.2, 0) is 6.61 Å². The van der Waals surface area contributed by atoms with E-state index in [1.807, 2.05) is 59.3 Å². The van der Waals surface area contributed by atoms with Gasteiger partial charge < -0.3 is 19.7 Å². The Morgan fingerprint density at radius 1 is 0.691 bits per heavy atom. The molecule has 0 aliphatic carbocycles. The highest BCUT2D eigenvalue weighted by Crippen LogP contribution is 2.35. The summed E-state index contributed by atoms with van der Waals surface area (Å²) < 4.78 is 29.4. The maximum Gasteiger partial charge on any atom is 0.321 e. The Kier molecular flexibility index (Phi) is 10.3. The van der Waals surface area contributed by atoms with Crippen LogP contribution in [0.15, 0.2) is 122 Å². The van der Waals surface area contributed by atoms with Crippen LogP contribution < -0.4 is 5.32 Å². The molecule has 274 valence electrons. The number of urea groups is 1. The summed E-state index contributed by atoms with van der Waals surface area (Å²) in [5.74, 6) is -0.506. The Morgan fingerprint density at radius 2 is 1.31 bits per heavy atom. The zero-order valence-electron chi connectivity index (χ0n) is 30.5. The van der Waals surface area contributed by atoms with Crippen molar-refractivity contribution in [1.29, 1.82) is 0 Å². The summed E-state index contributed by atoms with van der Waals surface area (Å²) in [5.41, 5.74) is 11.4. The van der Waals surface area contributed by atoms with Gasteiger partial charge in [-0.3, -0.25) is 19.9 Å². The molecule has 0 aliphatic heterocycles. The molecule has 2 amide bonds. The number of aliphatic hydroxyl groups is 1. The number of aliphatic hydroxyl groups excluding tert-OH is 1. The number of hydrogen-bond donors (Lipinski definition) is 2. The Morgan fingerprint density at radius 3 is 1.96 bits per heavy atom. The molecule has 2 N–H and O–H groups in total. The third-order valence-corrected chi connectivity index (χ3v) is 9.01. The lowest BCUT2D eigenvalue weighted by Gasteiger charge is -2.15. The molecule has 0 spiro atoms. The summed E-state index contributed by atoms with van der Waals surface area (Å²) in [4.78, 5) is 35.6. The van der Waals surface area contributed by atoms with Crippen molar-refractivity contribution in [2.75, 3.05) is 19.4 Å². The zero-order valence-corrected chi connectivity index (χ0v) is 30.5. The number of nitrogens with zero attached hydrogens (tertiary/aromatic N) is 7. The van der Waals surface area contributed by atoms with Gasteiger partial charge in [0.25, 0.3) is 0 Å². The predicted molar refractivity (Wildman–Crippen MR) is 210 cm³/mol. The predicted octanol–water partition coefficient (Wildman–Crippen LogP) is 8.90. The van der Waals surface area contributed by atoms with Crippen LogP contribution in [0, 0.1) is 25.5 Å². The van der Waals surface area contributed by atoms with Gasteiger partial charge in [0.05, 0.1) is 40.9 Å². The minimum atomic E-state index is -0.259. The topological polar surface area (TPSA) is 121 Å². The second-order valence-corrected chi connectivity index (χ2v) is 13.1. The van der Waals surface area contributed by atoms with Crippen molar-refractivity contribution in [2.24, 2.45) is 0 Å². The highest BCUT2D eigenvalue weighted by atomic mass is 19.1. The van der Waals surface area contributed by atoms with Gasteiger partial charge in [0.1, 0.15) is 17.3 Å². The smallest absolute Gasteiger partial charge is 0.321 e. The lowest BCUT2D eigenvalue weighted by Crippen LogP contribution is -2.27.